The Balaban J connectivity index is 0.000000204. The van der Waals surface area contributed by atoms with Crippen LogP contribution in [0.15, 0.2) is 53.4 Å². The number of aryl methyl sites for hydroxylation is 2. The molecule has 4 nitrogen and oxygen atoms in total. The Morgan fingerprint density at radius 2 is 1.30 bits per heavy atom. The second kappa shape index (κ2) is 7.72. The van der Waals surface area contributed by atoms with E-state index in [0.29, 0.717) is 0 Å². The third-order valence-corrected chi connectivity index (χ3v) is 4.54. The lowest BCUT2D eigenvalue weighted by atomic mass is 10.2. The molecule has 0 heterocycles. The second-order valence-corrected chi connectivity index (χ2v) is 7.25. The Bertz CT molecular complexity index is 634. The van der Waals surface area contributed by atoms with Crippen molar-refractivity contribution in [1.82, 2.24) is 0 Å². The normalized spacial score (nSPS) is 10.6. The molecule has 6 heteroatoms. The van der Waals surface area contributed by atoms with Gasteiger partial charge in [0.15, 0.2) is 0 Å². The van der Waals surface area contributed by atoms with E-state index in [9.17, 15) is 13.0 Å². The first-order valence-corrected chi connectivity index (χ1v) is 9.16. The molecule has 0 saturated heterocycles. The molecule has 0 aromatic heterocycles. The smallest absolute Gasteiger partial charge is 0.519 e. The predicted octanol–water partition coefficient (Wildman–Crippen LogP) is -0.940. The zero-order chi connectivity index (χ0) is 15.2. The van der Waals surface area contributed by atoms with E-state index in [1.165, 1.54) is 17.7 Å². The summed E-state index contributed by atoms with van der Waals surface area (Å²) in [4.78, 5) is -0.178. The molecule has 0 aliphatic carbocycles. The van der Waals surface area contributed by atoms with Gasteiger partial charge in [-0.3, -0.25) is 0 Å². The molecule has 0 unspecified atom stereocenters. The Morgan fingerprint density at radius 1 is 0.900 bits per heavy atom. The van der Waals surface area contributed by atoms with Crippen LogP contribution in [-0.4, -0.2) is 16.4 Å². The molecule has 2 aromatic carbocycles. The minimum absolute atomic E-state index is 0.178. The zero-order valence-electron chi connectivity index (χ0n) is 11.1. The van der Waals surface area contributed by atoms with Crippen LogP contribution in [0.25, 0.3) is 0 Å². The van der Waals surface area contributed by atoms with Crippen molar-refractivity contribution < 1.29 is 38.0 Å². The molecule has 0 fully saturated rings. The van der Waals surface area contributed by atoms with Crippen molar-refractivity contribution in [1.29, 1.82) is 0 Å². The van der Waals surface area contributed by atoms with Gasteiger partial charge >= 0.3 is 21.6 Å². The maximum absolute atomic E-state index is 10.4. The monoisotopic (exact) mass is 406 g/mol. The Hall–Kier alpha value is -0.960. The molecule has 108 valence electrons. The largest absolute Gasteiger partial charge is 0.744 e. The van der Waals surface area contributed by atoms with Gasteiger partial charge in [0.2, 0.25) is 3.57 Å². The molecule has 0 radical (unpaired) electrons. The highest BCUT2D eigenvalue weighted by Crippen LogP contribution is 2.08. The van der Waals surface area contributed by atoms with Crippen LogP contribution in [0.2, 0.25) is 0 Å². The molecule has 0 atom stereocenters. The van der Waals surface area contributed by atoms with Crippen LogP contribution < -0.4 is 21.6 Å². The highest BCUT2D eigenvalue weighted by molar-refractivity contribution is 7.85. The number of hydrogen-bond donors (Lipinski definition) is 1. The van der Waals surface area contributed by atoms with Gasteiger partial charge in [-0.15, -0.1) is 0 Å². The van der Waals surface area contributed by atoms with E-state index < -0.39 is 31.7 Å². The molecule has 2 aromatic rings. The van der Waals surface area contributed by atoms with Gasteiger partial charge in [0.05, 0.1) is 4.90 Å². The summed E-state index contributed by atoms with van der Waals surface area (Å²) < 4.78 is 41.0. The molecule has 0 spiro atoms. The maximum Gasteiger partial charge on any atom is 0.519 e. The summed E-state index contributed by atoms with van der Waals surface area (Å²) in [7, 11) is -4.27. The summed E-state index contributed by atoms with van der Waals surface area (Å²) in [6.45, 7) is 3.86. The fraction of sp³-hybridized carbons (Fsp3) is 0.143. The minimum atomic E-state index is -4.27. The average molecular weight is 406 g/mol. The summed E-state index contributed by atoms with van der Waals surface area (Å²) in [6.07, 6.45) is 0. The molecule has 1 N–H and O–H groups in total. The molecular weight excluding hydrogens is 391 g/mol. The van der Waals surface area contributed by atoms with Crippen molar-refractivity contribution in [3.8, 4) is 0 Å². The van der Waals surface area contributed by atoms with Crippen LogP contribution >= 0.6 is 0 Å². The van der Waals surface area contributed by atoms with Gasteiger partial charge in [0.25, 0.3) is 0 Å². The molecule has 20 heavy (non-hydrogen) atoms. The predicted molar refractivity (Wildman–Crippen MR) is 71.2 cm³/mol. The van der Waals surface area contributed by atoms with Crippen LogP contribution in [-0.2, 0) is 10.1 Å². The summed E-state index contributed by atoms with van der Waals surface area (Å²) in [6, 6.07) is 13.8. The van der Waals surface area contributed by atoms with E-state index >= 15 is 0 Å². The van der Waals surface area contributed by atoms with Gasteiger partial charge < -0.3 is 4.55 Å². The van der Waals surface area contributed by atoms with E-state index in [4.69, 9.17) is 3.44 Å². The summed E-state index contributed by atoms with van der Waals surface area (Å²) in [5.41, 5.74) is 2.17. The molecule has 0 bridgehead atoms. The molecular formula is C14H15IO4S. The van der Waals surface area contributed by atoms with Gasteiger partial charge in [-0.1, -0.05) is 35.4 Å². The Kier molecular flexibility index (Phi) is 6.60. The van der Waals surface area contributed by atoms with E-state index in [1.54, 1.807) is 12.1 Å². The maximum atomic E-state index is 10.4. The van der Waals surface area contributed by atoms with Gasteiger partial charge in [0.1, 0.15) is 10.1 Å². The van der Waals surface area contributed by atoms with Gasteiger partial charge in [-0.25, -0.2) is 8.42 Å². The number of benzene rings is 2. The second-order valence-electron chi connectivity index (χ2n) is 4.15. The first-order valence-electron chi connectivity index (χ1n) is 5.70. The van der Waals surface area contributed by atoms with Crippen molar-refractivity contribution in [2.45, 2.75) is 18.7 Å². The van der Waals surface area contributed by atoms with Crippen LogP contribution in [0.4, 0.5) is 0 Å². The first kappa shape index (κ1) is 17.1. The lowest BCUT2D eigenvalue weighted by molar-refractivity contribution is -0.866. The molecule has 0 saturated carbocycles. The molecule has 2 rings (SSSR count). The zero-order valence-corrected chi connectivity index (χ0v) is 14.1. The van der Waals surface area contributed by atoms with E-state index in [2.05, 4.69) is 0 Å². The van der Waals surface area contributed by atoms with Crippen molar-refractivity contribution in [2.24, 2.45) is 0 Å². The lowest BCUT2D eigenvalue weighted by Gasteiger charge is -2.05. The van der Waals surface area contributed by atoms with Crippen molar-refractivity contribution >= 4 is 10.1 Å². The third-order valence-electron chi connectivity index (χ3n) is 2.42. The summed E-state index contributed by atoms with van der Waals surface area (Å²) in [5.74, 6) is 0. The fourth-order valence-electron chi connectivity index (χ4n) is 1.29. The topological polar surface area (TPSA) is 77.4 Å². The Morgan fingerprint density at radius 3 is 1.65 bits per heavy atom. The molecule has 0 aliphatic rings. The van der Waals surface area contributed by atoms with Crippen LogP contribution in [0.5, 0.6) is 0 Å². The number of rotatable bonds is 2. The van der Waals surface area contributed by atoms with Crippen molar-refractivity contribution in [2.75, 3.05) is 0 Å². The highest BCUT2D eigenvalue weighted by atomic mass is 127. The SMILES string of the molecule is Cc1ccc(S(=O)(=O)[O-])cc1.Cc1ccc([I+]O)cc1. The van der Waals surface area contributed by atoms with E-state index in [1.807, 2.05) is 38.1 Å². The Labute approximate surface area is 130 Å². The van der Waals surface area contributed by atoms with Crippen molar-refractivity contribution in [3.05, 3.63) is 63.2 Å². The van der Waals surface area contributed by atoms with E-state index in [0.717, 1.165) is 9.13 Å². The van der Waals surface area contributed by atoms with Gasteiger partial charge in [-0.05, 0) is 38.1 Å². The summed E-state index contributed by atoms with van der Waals surface area (Å²) in [5, 5.41) is 0. The first-order chi connectivity index (χ1) is 9.32. The standard InChI is InChI=1S/C7H8IO.C7H8O3S/c1-6-2-4-7(8-9)5-3-6;1-6-2-4-7(5-3-6)11(8,9)10/h2-5,9H,1H3;2-5H,1H3,(H,8,9,10)/q+1;/p-1. The third kappa shape index (κ3) is 6.00. The lowest BCUT2D eigenvalue weighted by Crippen LogP contribution is -3.61. The average Bonchev–Trinajstić information content (AvgIpc) is 2.40. The van der Waals surface area contributed by atoms with Crippen molar-refractivity contribution in [3.63, 3.8) is 0 Å². The molecule has 0 aliphatic heterocycles. The van der Waals surface area contributed by atoms with Crippen LogP contribution in [0.1, 0.15) is 11.1 Å². The van der Waals surface area contributed by atoms with Crippen LogP contribution in [0.3, 0.4) is 0 Å². The highest BCUT2D eigenvalue weighted by Gasteiger charge is 2.04. The quantitative estimate of drug-likeness (QED) is 0.516. The minimum Gasteiger partial charge on any atom is -0.744 e. The number of halogens is 1. The fourth-order valence-corrected chi connectivity index (χ4v) is 2.45. The van der Waals surface area contributed by atoms with E-state index in [-0.39, 0.29) is 4.90 Å². The molecule has 0 amide bonds. The summed E-state index contributed by atoms with van der Waals surface area (Å²) >= 11 is -0.703. The van der Waals surface area contributed by atoms with Crippen LogP contribution in [0, 0.1) is 17.4 Å². The van der Waals surface area contributed by atoms with Gasteiger partial charge in [0, 0.05) is 0 Å². The number of hydrogen-bond acceptors (Lipinski definition) is 4. The van der Waals surface area contributed by atoms with Gasteiger partial charge in [-0.2, -0.15) is 3.44 Å².